The van der Waals surface area contributed by atoms with Crippen molar-refractivity contribution < 1.29 is 4.52 Å². The number of aryl methyl sites for hydroxylation is 2. The molecule has 26 heavy (non-hydrogen) atoms. The Labute approximate surface area is 155 Å². The Hall–Kier alpha value is -2.73. The third kappa shape index (κ3) is 2.76. The predicted octanol–water partition coefficient (Wildman–Crippen LogP) is 4.84. The van der Waals surface area contributed by atoms with Gasteiger partial charge in [0.05, 0.1) is 11.6 Å². The molecule has 5 nitrogen and oxygen atoms in total. The Balaban J connectivity index is 1.62. The molecule has 0 amide bonds. The van der Waals surface area contributed by atoms with Crippen molar-refractivity contribution in [3.8, 4) is 11.6 Å². The molecule has 4 aromatic rings. The lowest BCUT2D eigenvalue weighted by Crippen LogP contribution is -2.05. The molecule has 0 atom stereocenters. The van der Waals surface area contributed by atoms with Crippen LogP contribution in [0.1, 0.15) is 28.8 Å². The van der Waals surface area contributed by atoms with Crippen molar-refractivity contribution in [3.63, 3.8) is 0 Å². The molecule has 3 heterocycles. The number of nitrogens with one attached hydrogen (secondary N) is 1. The Morgan fingerprint density at radius 3 is 2.77 bits per heavy atom. The lowest BCUT2D eigenvalue weighted by molar-refractivity contribution is 0.430. The van der Waals surface area contributed by atoms with Gasteiger partial charge in [0.25, 0.3) is 0 Å². The number of nitrogens with zero attached hydrogens (tertiary/aromatic N) is 3. The van der Waals surface area contributed by atoms with Crippen molar-refractivity contribution >= 4 is 27.4 Å². The van der Waals surface area contributed by atoms with Crippen molar-refractivity contribution in [2.75, 3.05) is 5.32 Å². The summed E-state index contributed by atoms with van der Waals surface area (Å²) >= 11 is 1.79. The van der Waals surface area contributed by atoms with Crippen molar-refractivity contribution in [1.82, 2.24) is 15.1 Å². The first-order valence-electron chi connectivity index (χ1n) is 8.89. The molecule has 0 saturated carbocycles. The monoisotopic (exact) mass is 362 g/mol. The van der Waals surface area contributed by atoms with Crippen molar-refractivity contribution in [2.24, 2.45) is 0 Å². The van der Waals surface area contributed by atoms with Crippen LogP contribution in [0, 0.1) is 0 Å². The van der Waals surface area contributed by atoms with E-state index < -0.39 is 0 Å². The van der Waals surface area contributed by atoms with Gasteiger partial charge in [-0.15, -0.1) is 11.3 Å². The van der Waals surface area contributed by atoms with Crippen LogP contribution in [0.25, 0.3) is 21.8 Å². The first-order chi connectivity index (χ1) is 12.9. The van der Waals surface area contributed by atoms with Crippen LogP contribution in [0.3, 0.4) is 0 Å². The van der Waals surface area contributed by atoms with Crippen molar-refractivity contribution in [1.29, 1.82) is 0 Å². The smallest absolute Gasteiger partial charge is 0.204 e. The number of fused-ring (bicyclic) bond motifs is 3. The highest BCUT2D eigenvalue weighted by atomic mass is 32.1. The Bertz CT molecular complexity index is 1040. The maximum absolute atomic E-state index is 5.29. The fourth-order valence-corrected chi connectivity index (χ4v) is 4.77. The highest BCUT2D eigenvalue weighted by Gasteiger charge is 2.22. The van der Waals surface area contributed by atoms with E-state index in [9.17, 15) is 0 Å². The topological polar surface area (TPSA) is 63.8 Å². The molecule has 0 spiro atoms. The van der Waals surface area contributed by atoms with Crippen LogP contribution < -0.4 is 5.32 Å². The van der Waals surface area contributed by atoms with E-state index in [0.717, 1.165) is 30.0 Å². The highest BCUT2D eigenvalue weighted by molar-refractivity contribution is 7.19. The Morgan fingerprint density at radius 1 is 1.04 bits per heavy atom. The molecule has 0 radical (unpaired) electrons. The zero-order valence-corrected chi connectivity index (χ0v) is 15.1. The Kier molecular flexibility index (Phi) is 3.90. The second kappa shape index (κ2) is 6.53. The van der Waals surface area contributed by atoms with Crippen LogP contribution in [0.2, 0.25) is 0 Å². The Morgan fingerprint density at radius 2 is 1.92 bits per heavy atom. The lowest BCUT2D eigenvalue weighted by atomic mass is 9.97. The summed E-state index contributed by atoms with van der Waals surface area (Å²) in [4.78, 5) is 12.1. The summed E-state index contributed by atoms with van der Waals surface area (Å²) < 4.78 is 5.29. The molecule has 130 valence electrons. The third-order valence-corrected chi connectivity index (χ3v) is 5.96. The van der Waals surface area contributed by atoms with Gasteiger partial charge in [-0.25, -0.2) is 9.97 Å². The van der Waals surface area contributed by atoms with E-state index in [-0.39, 0.29) is 0 Å². The SMILES string of the molecule is c1ccc(CNc2nc(-c3ccno3)nc3sc4c(c23)CCCC4)cc1. The molecule has 1 aromatic carbocycles. The number of anilines is 1. The van der Waals surface area contributed by atoms with Gasteiger partial charge in [-0.1, -0.05) is 35.5 Å². The summed E-state index contributed by atoms with van der Waals surface area (Å²) in [5, 5.41) is 8.52. The summed E-state index contributed by atoms with van der Waals surface area (Å²) in [7, 11) is 0. The third-order valence-electron chi connectivity index (χ3n) is 4.78. The van der Waals surface area contributed by atoms with E-state index in [4.69, 9.17) is 14.5 Å². The standard InChI is InChI=1S/C20H18N4OS/c1-2-6-13(7-3-1)12-21-19-17-14-8-4-5-9-16(14)26-20(17)24-18(23-19)15-10-11-22-25-15/h1-3,6-7,10-11H,4-5,8-9,12H2,(H,21,23,24). The van der Waals surface area contributed by atoms with Crippen LogP contribution in [0.15, 0.2) is 47.1 Å². The van der Waals surface area contributed by atoms with Gasteiger partial charge < -0.3 is 9.84 Å². The molecule has 0 saturated heterocycles. The summed E-state index contributed by atoms with van der Waals surface area (Å²) in [6.07, 6.45) is 6.38. The van der Waals surface area contributed by atoms with Gasteiger partial charge in [0.2, 0.25) is 11.6 Å². The lowest BCUT2D eigenvalue weighted by Gasteiger charge is -2.13. The van der Waals surface area contributed by atoms with E-state index in [0.29, 0.717) is 11.6 Å². The molecule has 0 fully saturated rings. The molecule has 3 aromatic heterocycles. The van der Waals surface area contributed by atoms with E-state index >= 15 is 0 Å². The molecule has 6 heteroatoms. The molecule has 0 aliphatic heterocycles. The van der Waals surface area contributed by atoms with E-state index in [1.54, 1.807) is 23.6 Å². The normalized spacial score (nSPS) is 13.7. The quantitative estimate of drug-likeness (QED) is 0.563. The van der Waals surface area contributed by atoms with Gasteiger partial charge >= 0.3 is 0 Å². The number of hydrogen-bond donors (Lipinski definition) is 1. The number of hydrogen-bond acceptors (Lipinski definition) is 6. The van der Waals surface area contributed by atoms with Crippen molar-refractivity contribution in [2.45, 2.75) is 32.2 Å². The number of thiophene rings is 1. The largest absolute Gasteiger partial charge is 0.365 e. The fraction of sp³-hybridized carbons (Fsp3) is 0.250. The second-order valence-electron chi connectivity index (χ2n) is 6.50. The molecular weight excluding hydrogens is 344 g/mol. The summed E-state index contributed by atoms with van der Waals surface area (Å²) in [6.45, 7) is 0.730. The zero-order chi connectivity index (χ0) is 17.3. The summed E-state index contributed by atoms with van der Waals surface area (Å²) in [5.74, 6) is 2.08. The van der Waals surface area contributed by atoms with Crippen LogP contribution >= 0.6 is 11.3 Å². The van der Waals surface area contributed by atoms with Gasteiger partial charge in [-0.2, -0.15) is 0 Å². The van der Waals surface area contributed by atoms with Crippen LogP contribution in [0.4, 0.5) is 5.82 Å². The maximum Gasteiger partial charge on any atom is 0.204 e. The number of benzene rings is 1. The minimum Gasteiger partial charge on any atom is -0.365 e. The molecule has 1 aliphatic carbocycles. The molecule has 1 aliphatic rings. The van der Waals surface area contributed by atoms with Crippen LogP contribution in [-0.2, 0) is 19.4 Å². The molecule has 1 N–H and O–H groups in total. The summed E-state index contributed by atoms with van der Waals surface area (Å²) in [5.41, 5.74) is 2.65. The van der Waals surface area contributed by atoms with Gasteiger partial charge in [-0.3, -0.25) is 0 Å². The maximum atomic E-state index is 5.29. The first kappa shape index (κ1) is 15.5. The van der Waals surface area contributed by atoms with Crippen molar-refractivity contribution in [3.05, 3.63) is 58.6 Å². The predicted molar refractivity (Wildman–Crippen MR) is 103 cm³/mol. The van der Waals surface area contributed by atoms with Gasteiger partial charge in [0.15, 0.2) is 0 Å². The molecule has 0 unspecified atom stereocenters. The van der Waals surface area contributed by atoms with E-state index in [2.05, 4.69) is 34.7 Å². The molecule has 0 bridgehead atoms. The molecular formula is C20H18N4OS. The highest BCUT2D eigenvalue weighted by Crippen LogP contribution is 2.39. The fourth-order valence-electron chi connectivity index (χ4n) is 3.51. The van der Waals surface area contributed by atoms with E-state index in [1.165, 1.54) is 34.2 Å². The van der Waals surface area contributed by atoms with Gasteiger partial charge in [0, 0.05) is 17.5 Å². The molecule has 5 rings (SSSR count). The van der Waals surface area contributed by atoms with Crippen LogP contribution in [-0.4, -0.2) is 15.1 Å². The van der Waals surface area contributed by atoms with E-state index in [1.807, 2.05) is 6.07 Å². The minimum absolute atomic E-state index is 0.587. The zero-order valence-electron chi connectivity index (χ0n) is 14.2. The first-order valence-corrected chi connectivity index (χ1v) is 9.71. The van der Waals surface area contributed by atoms with Crippen LogP contribution in [0.5, 0.6) is 0 Å². The average molecular weight is 362 g/mol. The number of rotatable bonds is 4. The number of aromatic nitrogens is 3. The minimum atomic E-state index is 0.587. The van der Waals surface area contributed by atoms with Gasteiger partial charge in [-0.05, 0) is 36.8 Å². The van der Waals surface area contributed by atoms with Gasteiger partial charge in [0.1, 0.15) is 10.6 Å². The summed E-state index contributed by atoms with van der Waals surface area (Å²) in [6, 6.07) is 12.2. The second-order valence-corrected chi connectivity index (χ2v) is 7.59. The average Bonchev–Trinajstić information content (AvgIpc) is 3.34.